The molecule has 2 N–H and O–H groups in total. The monoisotopic (exact) mass is 368 g/mol. The minimum absolute atomic E-state index is 0.000942. The molecular formula is C18H16N4O5. The van der Waals surface area contributed by atoms with E-state index in [9.17, 15) is 14.4 Å². The number of fused-ring (bicyclic) bond motifs is 1. The van der Waals surface area contributed by atoms with Gasteiger partial charge in [-0.25, -0.2) is 9.36 Å². The van der Waals surface area contributed by atoms with Crippen molar-refractivity contribution in [3.63, 3.8) is 0 Å². The average molecular weight is 368 g/mol. The summed E-state index contributed by atoms with van der Waals surface area (Å²) in [6.45, 7) is 3.37. The number of carbonyl (C=O) groups is 1. The van der Waals surface area contributed by atoms with Gasteiger partial charge in [-0.2, -0.15) is 0 Å². The van der Waals surface area contributed by atoms with Crippen molar-refractivity contribution >= 4 is 22.8 Å². The predicted octanol–water partition coefficient (Wildman–Crippen LogP) is 1.43. The zero-order valence-electron chi connectivity index (χ0n) is 14.6. The van der Waals surface area contributed by atoms with E-state index >= 15 is 0 Å². The molecule has 9 heteroatoms. The minimum atomic E-state index is -0.651. The molecule has 9 nitrogen and oxygen atoms in total. The van der Waals surface area contributed by atoms with Gasteiger partial charge in [0, 0.05) is 6.42 Å². The van der Waals surface area contributed by atoms with E-state index in [1.165, 1.54) is 0 Å². The smallest absolute Gasteiger partial charge is 0.335 e. The second kappa shape index (κ2) is 6.27. The van der Waals surface area contributed by atoms with E-state index in [0.29, 0.717) is 17.9 Å². The highest BCUT2D eigenvalue weighted by molar-refractivity contribution is 6.13. The number of carbonyl (C=O) groups excluding carboxylic acids is 1. The summed E-state index contributed by atoms with van der Waals surface area (Å²) in [5, 5.41) is 6.42. The second-order valence-electron chi connectivity index (χ2n) is 6.26. The molecular weight excluding hydrogens is 352 g/mol. The number of rotatable bonds is 2. The van der Waals surface area contributed by atoms with Crippen LogP contribution in [0.5, 0.6) is 0 Å². The number of nitrogens with zero attached hydrogens (tertiary/aromatic N) is 2. The van der Waals surface area contributed by atoms with Crippen molar-refractivity contribution in [3.05, 3.63) is 62.5 Å². The molecule has 1 unspecified atom stereocenters. The lowest BCUT2D eigenvalue weighted by Gasteiger charge is -2.05. The number of amidine groups is 1. The normalized spacial score (nSPS) is 16.2. The van der Waals surface area contributed by atoms with Crippen LogP contribution >= 0.6 is 0 Å². The van der Waals surface area contributed by atoms with Gasteiger partial charge in [0.15, 0.2) is 5.84 Å². The van der Waals surface area contributed by atoms with Crippen LogP contribution in [0.25, 0.3) is 16.8 Å². The topological polar surface area (TPSA) is 119 Å². The zero-order chi connectivity index (χ0) is 19.1. The molecule has 0 saturated heterocycles. The van der Waals surface area contributed by atoms with Crippen molar-refractivity contribution in [2.45, 2.75) is 26.4 Å². The van der Waals surface area contributed by atoms with Gasteiger partial charge in [-0.05, 0) is 26.0 Å². The Balaban J connectivity index is 1.87. The molecule has 3 heterocycles. The molecule has 1 aliphatic rings. The number of furan rings is 1. The first kappa shape index (κ1) is 16.8. The first-order valence-electron chi connectivity index (χ1n) is 8.33. The van der Waals surface area contributed by atoms with E-state index in [2.05, 4.69) is 15.5 Å². The fourth-order valence-electron chi connectivity index (χ4n) is 3.05. The number of nitrogens with one attached hydrogen (secondary N) is 2. The van der Waals surface area contributed by atoms with Crippen LogP contribution in [0.1, 0.15) is 29.5 Å². The molecule has 1 aliphatic heterocycles. The number of hydrogen-bond acceptors (Lipinski definition) is 6. The maximum atomic E-state index is 13.0. The third-order valence-corrected chi connectivity index (χ3v) is 4.25. The lowest BCUT2D eigenvalue weighted by atomic mass is 10.1. The highest BCUT2D eigenvalue weighted by atomic mass is 16.6. The van der Waals surface area contributed by atoms with Crippen LogP contribution in [-0.4, -0.2) is 27.4 Å². The maximum Gasteiger partial charge on any atom is 0.335 e. The van der Waals surface area contributed by atoms with Crippen molar-refractivity contribution in [1.82, 2.24) is 14.9 Å². The van der Waals surface area contributed by atoms with Crippen molar-refractivity contribution in [3.8, 4) is 5.69 Å². The first-order valence-corrected chi connectivity index (χ1v) is 8.33. The Morgan fingerprint density at radius 2 is 2.04 bits per heavy atom. The van der Waals surface area contributed by atoms with Crippen molar-refractivity contribution in [2.24, 2.45) is 5.16 Å². The van der Waals surface area contributed by atoms with Gasteiger partial charge in [0.05, 0.1) is 11.3 Å². The third kappa shape index (κ3) is 2.82. The molecule has 0 spiro atoms. The van der Waals surface area contributed by atoms with Crippen LogP contribution in [0.3, 0.4) is 0 Å². The van der Waals surface area contributed by atoms with Gasteiger partial charge in [-0.15, -0.1) is 0 Å². The summed E-state index contributed by atoms with van der Waals surface area (Å²) in [6.07, 6.45) is 0.320. The average Bonchev–Trinajstić information content (AvgIpc) is 3.18. The first-order chi connectivity index (χ1) is 13.0. The van der Waals surface area contributed by atoms with E-state index in [-0.39, 0.29) is 28.5 Å². The van der Waals surface area contributed by atoms with Crippen LogP contribution in [0.4, 0.5) is 0 Å². The van der Waals surface area contributed by atoms with Crippen LogP contribution < -0.4 is 16.6 Å². The third-order valence-electron chi connectivity index (χ3n) is 4.25. The van der Waals surface area contributed by atoms with Crippen molar-refractivity contribution in [1.29, 1.82) is 0 Å². The molecule has 0 radical (unpaired) electrons. The molecule has 3 aromatic rings. The van der Waals surface area contributed by atoms with Crippen LogP contribution in [0.2, 0.25) is 0 Å². The van der Waals surface area contributed by atoms with Gasteiger partial charge in [0.1, 0.15) is 17.3 Å². The van der Waals surface area contributed by atoms with Gasteiger partial charge >= 0.3 is 5.69 Å². The van der Waals surface area contributed by atoms with Crippen LogP contribution in [0.15, 0.2) is 49.5 Å². The molecule has 0 fully saturated rings. The highest BCUT2D eigenvalue weighted by Crippen LogP contribution is 2.21. The molecule has 0 saturated carbocycles. The maximum absolute atomic E-state index is 13.0. The number of oxime groups is 1. The number of amides is 1. The lowest BCUT2D eigenvalue weighted by Crippen LogP contribution is -2.35. The number of aromatic amines is 1. The Labute approximate surface area is 152 Å². The van der Waals surface area contributed by atoms with Gasteiger partial charge < -0.3 is 14.6 Å². The summed E-state index contributed by atoms with van der Waals surface area (Å²) in [6, 6.07) is 8.44. The largest absolute Gasteiger partial charge is 0.444 e. The van der Waals surface area contributed by atoms with Gasteiger partial charge in [-0.1, -0.05) is 23.4 Å². The van der Waals surface area contributed by atoms with Gasteiger partial charge in [0.2, 0.25) is 5.71 Å². The highest BCUT2D eigenvalue weighted by Gasteiger charge is 2.26. The summed E-state index contributed by atoms with van der Waals surface area (Å²) in [5.74, 6) is 0.0362. The molecule has 2 aromatic heterocycles. The number of aryl methyl sites for hydroxylation is 1. The zero-order valence-corrected chi connectivity index (χ0v) is 14.6. The van der Waals surface area contributed by atoms with E-state index in [1.807, 2.05) is 6.92 Å². The lowest BCUT2D eigenvalue weighted by molar-refractivity contribution is 0.0967. The summed E-state index contributed by atoms with van der Waals surface area (Å²) in [7, 11) is 0. The summed E-state index contributed by atoms with van der Waals surface area (Å²) >= 11 is 0. The Morgan fingerprint density at radius 3 is 2.70 bits per heavy atom. The molecule has 1 amide bonds. The Hall–Kier alpha value is -3.62. The van der Waals surface area contributed by atoms with E-state index in [4.69, 9.17) is 9.25 Å². The number of para-hydroxylation sites is 1. The summed E-state index contributed by atoms with van der Waals surface area (Å²) < 4.78 is 6.42. The molecule has 1 atom stereocenters. The summed E-state index contributed by atoms with van der Waals surface area (Å²) in [4.78, 5) is 45.7. The second-order valence-corrected chi connectivity index (χ2v) is 6.26. The van der Waals surface area contributed by atoms with Gasteiger partial charge in [0.25, 0.3) is 11.5 Å². The van der Waals surface area contributed by atoms with Crippen LogP contribution in [0, 0.1) is 6.92 Å². The molecule has 27 heavy (non-hydrogen) atoms. The Morgan fingerprint density at radius 1 is 1.30 bits per heavy atom. The number of hydrogen-bond donors (Lipinski definition) is 2. The number of aromatic nitrogens is 2. The van der Waals surface area contributed by atoms with Crippen LogP contribution in [-0.2, 0) is 4.84 Å². The molecule has 4 rings (SSSR count). The van der Waals surface area contributed by atoms with Crippen molar-refractivity contribution in [2.75, 3.05) is 0 Å². The molecule has 0 bridgehead atoms. The number of H-pyrrole nitrogens is 1. The quantitative estimate of drug-likeness (QED) is 0.709. The van der Waals surface area contributed by atoms with Crippen molar-refractivity contribution < 1.29 is 14.0 Å². The minimum Gasteiger partial charge on any atom is -0.444 e. The fraction of sp³-hybridized carbons (Fsp3) is 0.222. The predicted molar refractivity (Wildman–Crippen MR) is 97.2 cm³/mol. The fourth-order valence-corrected chi connectivity index (χ4v) is 3.05. The molecule has 138 valence electrons. The van der Waals surface area contributed by atoms with E-state index in [0.717, 1.165) is 4.57 Å². The van der Waals surface area contributed by atoms with E-state index < -0.39 is 17.2 Å². The standard InChI is InChI=1S/C18H16N4O5/c1-9-8-12(21-27-9)19-15(23)13-10(2)26-16-14(13)17(24)22(18(25)20-16)11-6-4-3-5-7-11/h3-7,9H,8H2,1-2H3,(H,20,25)(H,19,21,23). The number of benzene rings is 1. The summed E-state index contributed by atoms with van der Waals surface area (Å²) in [5.41, 5.74) is -0.893. The molecule has 1 aromatic carbocycles. The Kier molecular flexibility index (Phi) is 3.91. The Bertz CT molecular complexity index is 1190. The van der Waals surface area contributed by atoms with Gasteiger partial charge in [-0.3, -0.25) is 14.6 Å². The molecule has 0 aliphatic carbocycles. The van der Waals surface area contributed by atoms with E-state index in [1.54, 1.807) is 37.3 Å². The SMILES string of the molecule is Cc1oc2[nH]c(=O)n(-c3ccccc3)c(=O)c2c1C(=O)NC1=NOC(C)C1.